The zero-order chi connectivity index (χ0) is 17.8. The molecular formula is C19H23BN2O3. The molecule has 2 fully saturated rings. The van der Waals surface area contributed by atoms with Crippen LogP contribution in [0.1, 0.15) is 48.5 Å². The highest BCUT2D eigenvalue weighted by atomic mass is 16.5. The first-order valence-electron chi connectivity index (χ1n) is 8.88. The zero-order valence-corrected chi connectivity index (χ0v) is 14.8. The van der Waals surface area contributed by atoms with Crippen molar-refractivity contribution in [1.82, 2.24) is 10.2 Å². The number of carbonyl (C=O) groups is 2. The van der Waals surface area contributed by atoms with Gasteiger partial charge in [0.1, 0.15) is 7.85 Å². The molecule has 25 heavy (non-hydrogen) atoms. The van der Waals surface area contributed by atoms with Gasteiger partial charge in [0.25, 0.3) is 5.91 Å². The highest BCUT2D eigenvalue weighted by molar-refractivity contribution is 6.32. The van der Waals surface area contributed by atoms with Gasteiger partial charge in [0.15, 0.2) is 0 Å². The second-order valence-electron chi connectivity index (χ2n) is 8.07. The Labute approximate surface area is 149 Å². The molecule has 4 rings (SSSR count). The van der Waals surface area contributed by atoms with Gasteiger partial charge in [-0.2, -0.15) is 0 Å². The monoisotopic (exact) mass is 338 g/mol. The molecule has 0 unspecified atom stereocenters. The molecular weight excluding hydrogens is 315 g/mol. The van der Waals surface area contributed by atoms with Gasteiger partial charge >= 0.3 is 0 Å². The van der Waals surface area contributed by atoms with Crippen LogP contribution >= 0.6 is 0 Å². The molecule has 0 aromatic heterocycles. The Morgan fingerprint density at radius 3 is 2.76 bits per heavy atom. The topological polar surface area (TPSA) is 58.6 Å². The highest BCUT2D eigenvalue weighted by Crippen LogP contribution is 2.52. The van der Waals surface area contributed by atoms with Crippen LogP contribution in [-0.4, -0.2) is 56.4 Å². The van der Waals surface area contributed by atoms with Gasteiger partial charge in [-0.1, -0.05) is 17.6 Å². The number of nitrogens with one attached hydrogen (secondary N) is 1. The number of carbonyl (C=O) groups excluding carboxylic acids is 2. The summed E-state index contributed by atoms with van der Waals surface area (Å²) in [7, 11) is 7.60. The van der Waals surface area contributed by atoms with Crippen LogP contribution in [-0.2, 0) is 14.9 Å². The van der Waals surface area contributed by atoms with E-state index in [4.69, 9.17) is 12.6 Å². The van der Waals surface area contributed by atoms with E-state index in [1.807, 2.05) is 13.0 Å². The lowest BCUT2D eigenvalue weighted by molar-refractivity contribution is -0.127. The molecule has 1 N–H and O–H groups in total. The van der Waals surface area contributed by atoms with Crippen molar-refractivity contribution in [1.29, 1.82) is 0 Å². The van der Waals surface area contributed by atoms with Crippen molar-refractivity contribution in [3.63, 3.8) is 0 Å². The lowest BCUT2D eigenvalue weighted by Crippen LogP contribution is -2.56. The lowest BCUT2D eigenvalue weighted by Gasteiger charge is -2.44. The largest absolute Gasteiger partial charge is 0.378 e. The molecule has 2 aliphatic carbocycles. The standard InChI is InChI=1S/C19H23BN2O3/c1-18(25-2)8-13(9-18)21-16(23)10-22-11-19(5-6-19)15-7-12(20)3-4-14(15)17(22)24/h3-4,7,13H,5-6,8-11H2,1-2H3,(H,21,23). The lowest BCUT2D eigenvalue weighted by atomic mass is 9.77. The average molecular weight is 338 g/mol. The van der Waals surface area contributed by atoms with Crippen molar-refractivity contribution < 1.29 is 14.3 Å². The second kappa shape index (κ2) is 5.59. The molecule has 0 bridgehead atoms. The first-order valence-corrected chi connectivity index (χ1v) is 8.88. The Morgan fingerprint density at radius 2 is 2.12 bits per heavy atom. The van der Waals surface area contributed by atoms with Crippen LogP contribution < -0.4 is 10.8 Å². The van der Waals surface area contributed by atoms with E-state index in [0.717, 1.165) is 31.2 Å². The molecule has 2 saturated carbocycles. The smallest absolute Gasteiger partial charge is 0.254 e. The normalized spacial score (nSPS) is 29.1. The summed E-state index contributed by atoms with van der Waals surface area (Å²) in [6.45, 7) is 2.77. The maximum absolute atomic E-state index is 12.8. The van der Waals surface area contributed by atoms with Gasteiger partial charge in [-0.05, 0) is 44.2 Å². The SMILES string of the molecule is [B]c1ccc2c(c1)C1(CC1)CN(CC(=O)NC1CC(C)(OC)C1)C2=O. The summed E-state index contributed by atoms with van der Waals surface area (Å²) in [5.74, 6) is -0.163. The molecule has 2 radical (unpaired) electrons. The molecule has 1 aromatic rings. The number of ether oxygens (including phenoxy) is 1. The second-order valence-corrected chi connectivity index (χ2v) is 8.07. The fourth-order valence-electron chi connectivity index (χ4n) is 4.28. The fraction of sp³-hybridized carbons (Fsp3) is 0.579. The van der Waals surface area contributed by atoms with E-state index < -0.39 is 0 Å². The van der Waals surface area contributed by atoms with Crippen molar-refractivity contribution in [3.8, 4) is 0 Å². The molecule has 1 aliphatic heterocycles. The molecule has 0 atom stereocenters. The van der Waals surface area contributed by atoms with Crippen LogP contribution in [0.25, 0.3) is 0 Å². The summed E-state index contributed by atoms with van der Waals surface area (Å²) < 4.78 is 5.41. The van der Waals surface area contributed by atoms with Crippen LogP contribution in [0.4, 0.5) is 0 Å². The molecule has 1 heterocycles. The third-order valence-corrected chi connectivity index (χ3v) is 6.03. The van der Waals surface area contributed by atoms with Crippen LogP contribution in [0.5, 0.6) is 0 Å². The number of fused-ring (bicyclic) bond motifs is 2. The Bertz CT molecular complexity index is 738. The number of rotatable bonds is 4. The van der Waals surface area contributed by atoms with Crippen molar-refractivity contribution in [2.45, 2.75) is 49.7 Å². The van der Waals surface area contributed by atoms with E-state index in [9.17, 15) is 9.59 Å². The predicted molar refractivity (Wildman–Crippen MR) is 95.2 cm³/mol. The third-order valence-electron chi connectivity index (χ3n) is 6.03. The molecule has 130 valence electrons. The van der Waals surface area contributed by atoms with Crippen molar-refractivity contribution in [2.75, 3.05) is 20.2 Å². The minimum atomic E-state index is -0.129. The summed E-state index contributed by atoms with van der Waals surface area (Å²) in [5.41, 5.74) is 2.32. The van der Waals surface area contributed by atoms with Gasteiger partial charge in [-0.15, -0.1) is 0 Å². The molecule has 1 spiro atoms. The van der Waals surface area contributed by atoms with Crippen molar-refractivity contribution in [3.05, 3.63) is 29.3 Å². The Hall–Kier alpha value is -1.82. The van der Waals surface area contributed by atoms with E-state index in [-0.39, 0.29) is 35.4 Å². The number of hydrogen-bond donors (Lipinski definition) is 1. The van der Waals surface area contributed by atoms with Gasteiger partial charge in [0.2, 0.25) is 5.91 Å². The van der Waals surface area contributed by atoms with Crippen molar-refractivity contribution >= 4 is 25.1 Å². The number of benzene rings is 1. The zero-order valence-electron chi connectivity index (χ0n) is 14.8. The van der Waals surface area contributed by atoms with Gasteiger partial charge < -0.3 is 15.0 Å². The van der Waals surface area contributed by atoms with E-state index in [1.165, 1.54) is 0 Å². The molecule has 1 aromatic carbocycles. The van der Waals surface area contributed by atoms with Gasteiger partial charge in [0, 0.05) is 30.7 Å². The van der Waals surface area contributed by atoms with Gasteiger partial charge in [-0.3, -0.25) is 9.59 Å². The summed E-state index contributed by atoms with van der Waals surface area (Å²) in [5, 5.41) is 3.02. The van der Waals surface area contributed by atoms with Gasteiger partial charge in [-0.25, -0.2) is 0 Å². The highest BCUT2D eigenvalue weighted by Gasteiger charge is 2.51. The summed E-state index contributed by atoms with van der Waals surface area (Å²) in [4.78, 5) is 26.9. The van der Waals surface area contributed by atoms with Gasteiger partial charge in [0.05, 0.1) is 12.1 Å². The summed E-state index contributed by atoms with van der Waals surface area (Å²) in [6, 6.07) is 5.63. The number of methoxy groups -OCH3 is 1. The van der Waals surface area contributed by atoms with E-state index in [2.05, 4.69) is 5.32 Å². The minimum Gasteiger partial charge on any atom is -0.378 e. The average Bonchev–Trinajstić information content (AvgIpc) is 3.31. The molecule has 2 amide bonds. The third kappa shape index (κ3) is 2.86. The molecule has 3 aliphatic rings. The Kier molecular flexibility index (Phi) is 3.72. The number of amides is 2. The summed E-state index contributed by atoms with van der Waals surface area (Å²) >= 11 is 0. The molecule has 0 saturated heterocycles. The fourth-order valence-corrected chi connectivity index (χ4v) is 4.28. The maximum atomic E-state index is 12.8. The predicted octanol–water partition coefficient (Wildman–Crippen LogP) is 0.652. The van der Waals surface area contributed by atoms with Crippen LogP contribution in [0.15, 0.2) is 18.2 Å². The number of nitrogens with zero attached hydrogens (tertiary/aromatic N) is 1. The van der Waals surface area contributed by atoms with Crippen LogP contribution in [0.2, 0.25) is 0 Å². The quantitative estimate of drug-likeness (QED) is 0.821. The Balaban J connectivity index is 1.43. The first-order chi connectivity index (χ1) is 11.8. The van der Waals surface area contributed by atoms with E-state index in [0.29, 0.717) is 17.6 Å². The molecule has 6 heteroatoms. The minimum absolute atomic E-state index is 0.00396. The van der Waals surface area contributed by atoms with Crippen LogP contribution in [0.3, 0.4) is 0 Å². The Morgan fingerprint density at radius 1 is 1.40 bits per heavy atom. The van der Waals surface area contributed by atoms with Crippen molar-refractivity contribution in [2.24, 2.45) is 0 Å². The van der Waals surface area contributed by atoms with Crippen LogP contribution in [0, 0.1) is 0 Å². The maximum Gasteiger partial charge on any atom is 0.254 e. The number of hydrogen-bond acceptors (Lipinski definition) is 3. The first kappa shape index (κ1) is 16.6. The molecule has 5 nitrogen and oxygen atoms in total. The van der Waals surface area contributed by atoms with E-state index >= 15 is 0 Å². The van der Waals surface area contributed by atoms with E-state index in [1.54, 1.807) is 24.1 Å². The summed E-state index contributed by atoms with van der Waals surface area (Å²) in [6.07, 6.45) is 3.72.